The summed E-state index contributed by atoms with van der Waals surface area (Å²) in [4.78, 5) is 0. The molecule has 0 saturated carbocycles. The molecule has 0 amide bonds. The Morgan fingerprint density at radius 1 is 0.828 bits per heavy atom. The molecular weight excluding hydrogens is 356 g/mol. The third-order valence-electron chi connectivity index (χ3n) is 5.19. The lowest BCUT2D eigenvalue weighted by atomic mass is 9.77. The molecule has 29 heavy (non-hydrogen) atoms. The first-order valence-electron chi connectivity index (χ1n) is 9.70. The molecule has 0 aliphatic rings. The Morgan fingerprint density at radius 2 is 1.28 bits per heavy atom. The van der Waals surface area contributed by atoms with Crippen LogP contribution in [0.5, 0.6) is 0 Å². The van der Waals surface area contributed by atoms with Gasteiger partial charge < -0.3 is 5.32 Å². The van der Waals surface area contributed by atoms with Crippen LogP contribution in [0.25, 0.3) is 0 Å². The smallest absolute Gasteiger partial charge is 0.143 e. The highest BCUT2D eigenvalue weighted by molar-refractivity contribution is 5.62. The zero-order chi connectivity index (χ0) is 20.1. The van der Waals surface area contributed by atoms with Gasteiger partial charge >= 0.3 is 0 Å². The minimum atomic E-state index is -0.678. The van der Waals surface area contributed by atoms with Crippen molar-refractivity contribution in [1.29, 1.82) is 5.26 Å². The van der Waals surface area contributed by atoms with Crippen LogP contribution < -0.4 is 5.32 Å². The van der Waals surface area contributed by atoms with Gasteiger partial charge in [-0.2, -0.15) is 10.4 Å². The molecule has 0 fully saturated rings. The summed E-state index contributed by atoms with van der Waals surface area (Å²) >= 11 is 0. The Hall–Kier alpha value is -3.84. The largest absolute Gasteiger partial charge is 0.352 e. The highest BCUT2D eigenvalue weighted by atomic mass is 15.3. The molecule has 0 radical (unpaired) electrons. The third kappa shape index (κ3) is 3.28. The van der Waals surface area contributed by atoms with Crippen molar-refractivity contribution in [1.82, 2.24) is 9.78 Å². The van der Waals surface area contributed by atoms with Gasteiger partial charge in [0.15, 0.2) is 0 Å². The second-order valence-electron chi connectivity index (χ2n) is 6.81. The normalized spacial score (nSPS) is 11.0. The van der Waals surface area contributed by atoms with E-state index in [0.29, 0.717) is 17.9 Å². The minimum absolute atomic E-state index is 0.527. The Balaban J connectivity index is 2.04. The number of anilines is 1. The van der Waals surface area contributed by atoms with E-state index in [4.69, 9.17) is 0 Å². The average Bonchev–Trinajstić information content (AvgIpc) is 3.20. The van der Waals surface area contributed by atoms with Crippen molar-refractivity contribution in [2.24, 2.45) is 0 Å². The van der Waals surface area contributed by atoms with Crippen LogP contribution >= 0.6 is 0 Å². The van der Waals surface area contributed by atoms with Crippen LogP contribution in [0.3, 0.4) is 0 Å². The van der Waals surface area contributed by atoms with Gasteiger partial charge in [0.1, 0.15) is 23.0 Å². The zero-order valence-electron chi connectivity index (χ0n) is 16.3. The van der Waals surface area contributed by atoms with Crippen molar-refractivity contribution in [3.63, 3.8) is 0 Å². The summed E-state index contributed by atoms with van der Waals surface area (Å²) < 4.78 is 1.84. The molecule has 4 nitrogen and oxygen atoms in total. The van der Waals surface area contributed by atoms with Crippen molar-refractivity contribution in [2.75, 3.05) is 5.32 Å². The number of rotatable bonds is 6. The van der Waals surface area contributed by atoms with Crippen molar-refractivity contribution in [2.45, 2.75) is 19.0 Å². The van der Waals surface area contributed by atoms with Crippen LogP contribution in [0, 0.1) is 11.3 Å². The van der Waals surface area contributed by atoms with Gasteiger partial charge in [-0.05, 0) is 23.6 Å². The number of hydrogen-bond acceptors (Lipinski definition) is 3. The zero-order valence-corrected chi connectivity index (χ0v) is 16.3. The van der Waals surface area contributed by atoms with E-state index in [1.807, 2.05) is 66.2 Å². The Labute approximate surface area is 171 Å². The second kappa shape index (κ2) is 8.04. The van der Waals surface area contributed by atoms with Gasteiger partial charge in [0.05, 0.1) is 6.20 Å². The van der Waals surface area contributed by atoms with Crippen molar-refractivity contribution >= 4 is 5.82 Å². The van der Waals surface area contributed by atoms with Gasteiger partial charge in [-0.25, -0.2) is 4.68 Å². The molecule has 4 heteroatoms. The molecule has 0 spiro atoms. The SMILES string of the molecule is CCn1ncc(C#N)c1NC(c1ccccc1)(c1ccccc1)c1ccccc1. The van der Waals surface area contributed by atoms with E-state index in [1.54, 1.807) is 6.20 Å². The number of aromatic nitrogens is 2. The molecule has 0 atom stereocenters. The maximum atomic E-state index is 9.69. The van der Waals surface area contributed by atoms with E-state index in [9.17, 15) is 5.26 Å². The fourth-order valence-corrected chi connectivity index (χ4v) is 3.80. The Bertz CT molecular complexity index is 1010. The van der Waals surface area contributed by atoms with Crippen LogP contribution in [-0.4, -0.2) is 9.78 Å². The summed E-state index contributed by atoms with van der Waals surface area (Å²) in [6.07, 6.45) is 1.62. The molecule has 1 N–H and O–H groups in total. The molecule has 0 unspecified atom stereocenters. The van der Waals surface area contributed by atoms with Gasteiger partial charge in [-0.1, -0.05) is 91.0 Å². The first-order valence-corrected chi connectivity index (χ1v) is 9.70. The monoisotopic (exact) mass is 378 g/mol. The average molecular weight is 378 g/mol. The predicted molar refractivity (Wildman–Crippen MR) is 115 cm³/mol. The van der Waals surface area contributed by atoms with Crippen LogP contribution in [0.2, 0.25) is 0 Å². The lowest BCUT2D eigenvalue weighted by molar-refractivity contribution is 0.634. The summed E-state index contributed by atoms with van der Waals surface area (Å²) in [5.41, 5.74) is 3.11. The number of nitrogens with zero attached hydrogens (tertiary/aromatic N) is 3. The number of hydrogen-bond donors (Lipinski definition) is 1. The molecule has 0 aliphatic heterocycles. The lowest BCUT2D eigenvalue weighted by Gasteiger charge is -2.37. The first-order chi connectivity index (χ1) is 14.3. The lowest BCUT2D eigenvalue weighted by Crippen LogP contribution is -2.39. The van der Waals surface area contributed by atoms with E-state index in [2.05, 4.69) is 52.9 Å². The highest BCUT2D eigenvalue weighted by Crippen LogP contribution is 2.40. The van der Waals surface area contributed by atoms with E-state index >= 15 is 0 Å². The molecule has 0 bridgehead atoms. The third-order valence-corrected chi connectivity index (χ3v) is 5.19. The molecule has 1 heterocycles. The number of aryl methyl sites for hydroxylation is 1. The van der Waals surface area contributed by atoms with Gasteiger partial charge in [-0.15, -0.1) is 0 Å². The van der Waals surface area contributed by atoms with Gasteiger partial charge in [0.25, 0.3) is 0 Å². The summed E-state index contributed by atoms with van der Waals surface area (Å²) in [5, 5.41) is 17.8. The molecular formula is C25H22N4. The number of benzene rings is 3. The standard InChI is InChI=1S/C25H22N4/c1-2-29-24(20(18-26)19-27-29)28-25(21-12-6-3-7-13-21,22-14-8-4-9-15-22)23-16-10-5-11-17-23/h3-17,19,28H,2H2,1H3. The molecule has 0 aliphatic carbocycles. The van der Waals surface area contributed by atoms with Crippen LogP contribution in [0.4, 0.5) is 5.82 Å². The van der Waals surface area contributed by atoms with Gasteiger partial charge in [0, 0.05) is 6.54 Å². The van der Waals surface area contributed by atoms with Gasteiger partial charge in [0.2, 0.25) is 0 Å². The maximum absolute atomic E-state index is 9.69. The van der Waals surface area contributed by atoms with Crippen LogP contribution in [0.15, 0.2) is 97.2 Å². The highest BCUT2D eigenvalue weighted by Gasteiger charge is 2.37. The molecule has 4 rings (SSSR count). The molecule has 4 aromatic rings. The van der Waals surface area contributed by atoms with Gasteiger partial charge in [-0.3, -0.25) is 0 Å². The quantitative estimate of drug-likeness (QED) is 0.470. The Kier molecular flexibility index (Phi) is 5.13. The van der Waals surface area contributed by atoms with E-state index in [1.165, 1.54) is 0 Å². The first kappa shape index (κ1) is 18.5. The Morgan fingerprint density at radius 3 is 1.66 bits per heavy atom. The van der Waals surface area contributed by atoms with E-state index in [0.717, 1.165) is 16.7 Å². The fourth-order valence-electron chi connectivity index (χ4n) is 3.80. The van der Waals surface area contributed by atoms with Crippen molar-refractivity contribution < 1.29 is 0 Å². The molecule has 0 saturated heterocycles. The number of nitriles is 1. The summed E-state index contributed by atoms with van der Waals surface area (Å²) in [5.74, 6) is 0.714. The fraction of sp³-hybridized carbons (Fsp3) is 0.120. The molecule has 3 aromatic carbocycles. The molecule has 142 valence electrons. The second-order valence-corrected chi connectivity index (χ2v) is 6.81. The van der Waals surface area contributed by atoms with Crippen molar-refractivity contribution in [3.05, 3.63) is 119 Å². The van der Waals surface area contributed by atoms with E-state index in [-0.39, 0.29) is 0 Å². The summed E-state index contributed by atoms with van der Waals surface area (Å²) in [7, 11) is 0. The summed E-state index contributed by atoms with van der Waals surface area (Å²) in [6, 6.07) is 33.3. The maximum Gasteiger partial charge on any atom is 0.143 e. The van der Waals surface area contributed by atoms with Crippen LogP contribution in [0.1, 0.15) is 29.2 Å². The van der Waals surface area contributed by atoms with E-state index < -0.39 is 5.54 Å². The van der Waals surface area contributed by atoms with Crippen molar-refractivity contribution in [3.8, 4) is 6.07 Å². The predicted octanol–water partition coefficient (Wildman–Crippen LogP) is 5.18. The summed E-state index contributed by atoms with van der Waals surface area (Å²) in [6.45, 7) is 2.69. The molecule has 1 aromatic heterocycles. The minimum Gasteiger partial charge on any atom is -0.352 e. The van der Waals surface area contributed by atoms with Crippen LogP contribution in [-0.2, 0) is 12.1 Å². The number of nitrogens with one attached hydrogen (secondary N) is 1. The topological polar surface area (TPSA) is 53.6 Å².